The van der Waals surface area contributed by atoms with E-state index < -0.39 is 12.7 Å². The molecule has 0 aromatic carbocycles. The quantitative estimate of drug-likeness (QED) is 0.454. The molecule has 0 spiro atoms. The normalized spacial score (nSPS) is 21.8. The molecule has 2 rings (SSSR count). The summed E-state index contributed by atoms with van der Waals surface area (Å²) in [7, 11) is 0. The van der Waals surface area contributed by atoms with Crippen molar-refractivity contribution in [1.82, 2.24) is 0 Å². The molecule has 3 heteroatoms. The molecular weight excluding hydrogens is 207 g/mol. The van der Waals surface area contributed by atoms with Crippen LogP contribution in [-0.4, -0.2) is 12.7 Å². The summed E-state index contributed by atoms with van der Waals surface area (Å²) in [5, 5.41) is 0. The topological polar surface area (TPSA) is 34.1 Å². The molecule has 2 bridgehead atoms. The zero-order valence-corrected chi connectivity index (χ0v) is 7.66. The predicted octanol–water partition coefficient (Wildman–Crippen LogP) is 1.61. The van der Waals surface area contributed by atoms with Gasteiger partial charge in [0.05, 0.1) is 0 Å². The Morgan fingerprint density at radius 1 is 1.00 bits per heavy atom. The van der Waals surface area contributed by atoms with E-state index in [-0.39, 0.29) is 0 Å². The molecule has 11 heavy (non-hydrogen) atoms. The van der Waals surface area contributed by atoms with Gasteiger partial charge in [0.15, 0.2) is 0 Å². The Morgan fingerprint density at radius 3 is 1.45 bits per heavy atom. The molecule has 0 saturated heterocycles. The number of rotatable bonds is 0. The molecule has 0 saturated carbocycles. The molecule has 2 nitrogen and oxygen atoms in total. The zero-order chi connectivity index (χ0) is 8.48. The minimum absolute atomic E-state index is 0.501. The fourth-order valence-electron chi connectivity index (χ4n) is 0.934. The molecule has 58 valence electrons. The molecule has 0 fully saturated rings. The summed E-state index contributed by atoms with van der Waals surface area (Å²) < 4.78 is 23.1. The second-order valence-corrected chi connectivity index (χ2v) is 6.07. The van der Waals surface area contributed by atoms with Crippen molar-refractivity contribution in [3.63, 3.8) is 0 Å². The summed E-state index contributed by atoms with van der Waals surface area (Å²) in [6, 6.07) is 0. The van der Waals surface area contributed by atoms with E-state index in [4.69, 9.17) is 0 Å². The van der Waals surface area contributed by atoms with Crippen molar-refractivity contribution < 1.29 is 7.67 Å². The van der Waals surface area contributed by atoms with Crippen LogP contribution in [0.15, 0.2) is 46.4 Å². The molecule has 0 atom stereocenters. The van der Waals surface area contributed by atoms with E-state index in [0.29, 0.717) is 8.94 Å². The summed E-state index contributed by atoms with van der Waals surface area (Å²) in [4.78, 5) is 0. The van der Waals surface area contributed by atoms with Gasteiger partial charge in [0.25, 0.3) is 0 Å². The van der Waals surface area contributed by atoms with Crippen molar-refractivity contribution in [3.05, 3.63) is 46.4 Å². The summed E-state index contributed by atoms with van der Waals surface area (Å²) in [6.07, 6.45) is 6.59. The van der Waals surface area contributed by atoms with E-state index in [1.165, 1.54) is 0 Å². The van der Waals surface area contributed by atoms with Gasteiger partial charge in [-0.15, -0.1) is 13.2 Å². The van der Waals surface area contributed by atoms with Crippen LogP contribution in [0.5, 0.6) is 0 Å². The van der Waals surface area contributed by atoms with E-state index in [1.54, 1.807) is 24.3 Å². The fraction of sp³-hybridized carbons (Fsp3) is 0. The van der Waals surface area contributed by atoms with Crippen LogP contribution in [0.1, 0.15) is 0 Å². The molecule has 0 N–H and O–H groups in total. The first-order valence-electron chi connectivity index (χ1n) is 3.06. The second kappa shape index (κ2) is 2.61. The standard InChI is InChI=1S/C6H4O2Se.C2H4/c7-9(8)5-1-2-6(9)4-3-5;1-2/h1-4H;1-2H2. The second-order valence-electron chi connectivity index (χ2n) is 1.97. The van der Waals surface area contributed by atoms with Crippen molar-refractivity contribution >= 4 is 12.7 Å². The molecule has 2 aliphatic heterocycles. The van der Waals surface area contributed by atoms with Gasteiger partial charge in [0, 0.05) is 0 Å². The molecule has 2 aliphatic rings. The molecular formula is C8H8O2Se. The number of hydrogen-bond donors (Lipinski definition) is 0. The van der Waals surface area contributed by atoms with Gasteiger partial charge in [0.2, 0.25) is 0 Å². The Bertz CT molecular complexity index is 328. The van der Waals surface area contributed by atoms with Gasteiger partial charge >= 0.3 is 53.6 Å². The van der Waals surface area contributed by atoms with Crippen LogP contribution in [-0.2, 0) is 7.67 Å². The van der Waals surface area contributed by atoms with Crippen LogP contribution in [0.4, 0.5) is 0 Å². The molecule has 0 aromatic rings. The van der Waals surface area contributed by atoms with Crippen molar-refractivity contribution in [2.45, 2.75) is 0 Å². The molecule has 0 aliphatic carbocycles. The van der Waals surface area contributed by atoms with E-state index in [2.05, 4.69) is 13.2 Å². The Hall–Kier alpha value is -0.921. The number of allylic oxidation sites excluding steroid dienone is 6. The van der Waals surface area contributed by atoms with Crippen LogP contribution in [0.2, 0.25) is 0 Å². The Balaban J connectivity index is 0.000000281. The van der Waals surface area contributed by atoms with Crippen LogP contribution < -0.4 is 0 Å². The van der Waals surface area contributed by atoms with E-state index in [1.807, 2.05) is 0 Å². The van der Waals surface area contributed by atoms with Crippen molar-refractivity contribution in [3.8, 4) is 0 Å². The zero-order valence-electron chi connectivity index (χ0n) is 5.95. The third-order valence-electron chi connectivity index (χ3n) is 1.44. The molecule has 0 amide bonds. The van der Waals surface area contributed by atoms with Gasteiger partial charge in [-0.05, 0) is 0 Å². The minimum atomic E-state index is -3.69. The van der Waals surface area contributed by atoms with E-state index >= 15 is 0 Å². The first-order chi connectivity index (χ1) is 5.21. The van der Waals surface area contributed by atoms with Gasteiger partial charge in [-0.2, -0.15) is 0 Å². The van der Waals surface area contributed by atoms with E-state index in [0.717, 1.165) is 0 Å². The molecule has 0 aromatic heterocycles. The summed E-state index contributed by atoms with van der Waals surface area (Å²) in [5.41, 5.74) is 0. The fourth-order valence-corrected chi connectivity index (χ4v) is 3.58. The average molecular weight is 215 g/mol. The third-order valence-corrected chi connectivity index (χ3v) is 5.19. The maximum absolute atomic E-state index is 11.0. The Kier molecular flexibility index (Phi) is 1.94. The summed E-state index contributed by atoms with van der Waals surface area (Å²) >= 11 is -3.69. The van der Waals surface area contributed by atoms with Gasteiger partial charge in [-0.25, -0.2) is 0 Å². The SMILES string of the molecule is C=C.O=[Se]1(=O)C2=CC=C1C=C2. The maximum atomic E-state index is 11.0. The van der Waals surface area contributed by atoms with Gasteiger partial charge in [-0.1, -0.05) is 0 Å². The van der Waals surface area contributed by atoms with Crippen LogP contribution in [0, 0.1) is 0 Å². The monoisotopic (exact) mass is 216 g/mol. The van der Waals surface area contributed by atoms with Gasteiger partial charge in [-0.3, -0.25) is 0 Å². The summed E-state index contributed by atoms with van der Waals surface area (Å²) in [6.45, 7) is 6.00. The molecule has 2 heterocycles. The molecule has 0 radical (unpaired) electrons. The third kappa shape index (κ3) is 1.02. The van der Waals surface area contributed by atoms with Crippen molar-refractivity contribution in [1.29, 1.82) is 0 Å². The molecule has 0 unspecified atom stereocenters. The van der Waals surface area contributed by atoms with Crippen LogP contribution >= 0.6 is 0 Å². The van der Waals surface area contributed by atoms with Crippen molar-refractivity contribution in [2.24, 2.45) is 0 Å². The predicted molar refractivity (Wildman–Crippen MR) is 43.7 cm³/mol. The first kappa shape index (κ1) is 8.18. The van der Waals surface area contributed by atoms with E-state index in [9.17, 15) is 7.67 Å². The Labute approximate surface area is 67.2 Å². The van der Waals surface area contributed by atoms with Gasteiger partial charge in [0.1, 0.15) is 0 Å². The number of fused-ring (bicyclic) bond motifs is 2. The summed E-state index contributed by atoms with van der Waals surface area (Å²) in [5.74, 6) is 0. The Morgan fingerprint density at radius 2 is 1.36 bits per heavy atom. The average Bonchev–Trinajstić information content (AvgIpc) is 2.47. The van der Waals surface area contributed by atoms with Crippen molar-refractivity contribution in [2.75, 3.05) is 0 Å². The number of hydrogen-bond acceptors (Lipinski definition) is 2. The first-order valence-corrected chi connectivity index (χ1v) is 6.17. The van der Waals surface area contributed by atoms with Crippen LogP contribution in [0.3, 0.4) is 0 Å². The van der Waals surface area contributed by atoms with Crippen LogP contribution in [0.25, 0.3) is 0 Å². The van der Waals surface area contributed by atoms with Gasteiger partial charge < -0.3 is 0 Å².